The number of nitrogens with zero attached hydrogens (tertiary/aromatic N) is 10. The summed E-state index contributed by atoms with van der Waals surface area (Å²) in [5.41, 5.74) is 0.906. The number of ketones is 1. The predicted molar refractivity (Wildman–Crippen MR) is 135 cm³/mol. The summed E-state index contributed by atoms with van der Waals surface area (Å²) in [4.78, 5) is 37.3. The van der Waals surface area contributed by atoms with E-state index in [1.807, 2.05) is 30.3 Å². The van der Waals surface area contributed by atoms with Crippen molar-refractivity contribution in [3.8, 4) is 11.5 Å². The molecule has 7 rings (SSSR count). The first-order valence-electron chi connectivity index (χ1n) is 12.5. The van der Waals surface area contributed by atoms with Crippen LogP contribution in [0.5, 0.6) is 0 Å². The molecule has 1 atom stereocenters. The summed E-state index contributed by atoms with van der Waals surface area (Å²) in [5.74, 6) is -1.20. The second-order valence-electron chi connectivity index (χ2n) is 9.93. The van der Waals surface area contributed by atoms with E-state index in [1.165, 1.54) is 17.1 Å². The van der Waals surface area contributed by atoms with Crippen molar-refractivity contribution in [3.05, 3.63) is 66.5 Å². The monoisotopic (exact) mass is 527 g/mol. The minimum Gasteiger partial charge on any atom is -0.357 e. The first-order chi connectivity index (χ1) is 19.0. The number of aromatic amines is 1. The fourth-order valence-electron chi connectivity index (χ4n) is 5.69. The van der Waals surface area contributed by atoms with Crippen LogP contribution in [-0.4, -0.2) is 87.9 Å². The van der Waals surface area contributed by atoms with Crippen LogP contribution in [0.3, 0.4) is 0 Å². The van der Waals surface area contributed by atoms with Gasteiger partial charge in [-0.05, 0) is 35.4 Å². The molecule has 0 saturated carbocycles. The molecule has 0 aliphatic carbocycles. The lowest BCUT2D eigenvalue weighted by Gasteiger charge is -2.24. The second kappa shape index (κ2) is 8.79. The summed E-state index contributed by atoms with van der Waals surface area (Å²) in [6.07, 6.45) is 6.96. The Morgan fingerprint density at radius 1 is 1.05 bits per heavy atom. The SMILES string of the molecule is O=C(C(=O)N1CCC2(CCN(c3nnnn3-c3ccccc3)C2)C1)c1c[nH]c2c(-n3ccnn3)ncc(F)c12. The molecule has 2 aliphatic rings. The number of benzene rings is 1. The Kier molecular flexibility index (Phi) is 5.21. The van der Waals surface area contributed by atoms with Crippen molar-refractivity contribution < 1.29 is 14.0 Å². The van der Waals surface area contributed by atoms with Crippen LogP contribution in [0.2, 0.25) is 0 Å². The molecule has 14 heteroatoms. The molecule has 39 heavy (non-hydrogen) atoms. The number of likely N-dealkylation sites (tertiary alicyclic amines) is 1. The molecule has 5 aromatic rings. The quantitative estimate of drug-likeness (QED) is 0.266. The van der Waals surface area contributed by atoms with Crippen LogP contribution in [0.4, 0.5) is 10.3 Å². The molecule has 13 nitrogen and oxygen atoms in total. The molecular formula is C25H22FN11O2. The van der Waals surface area contributed by atoms with Gasteiger partial charge in [0.1, 0.15) is 0 Å². The molecule has 2 aliphatic heterocycles. The first-order valence-corrected chi connectivity index (χ1v) is 12.5. The third-order valence-electron chi connectivity index (χ3n) is 7.62. The van der Waals surface area contributed by atoms with Gasteiger partial charge < -0.3 is 14.8 Å². The van der Waals surface area contributed by atoms with Gasteiger partial charge in [0.25, 0.3) is 11.7 Å². The molecule has 1 N–H and O–H groups in total. The van der Waals surface area contributed by atoms with Gasteiger partial charge in [-0.1, -0.05) is 28.5 Å². The Bertz CT molecular complexity index is 1700. The van der Waals surface area contributed by atoms with E-state index in [1.54, 1.807) is 15.8 Å². The molecule has 1 amide bonds. The lowest BCUT2D eigenvalue weighted by Crippen LogP contribution is -2.38. The highest BCUT2D eigenvalue weighted by molar-refractivity contribution is 6.45. The smallest absolute Gasteiger partial charge is 0.295 e. The second-order valence-corrected chi connectivity index (χ2v) is 9.93. The Labute approximate surface area is 220 Å². The largest absolute Gasteiger partial charge is 0.357 e. The summed E-state index contributed by atoms with van der Waals surface area (Å²) in [7, 11) is 0. The van der Waals surface area contributed by atoms with Crippen LogP contribution in [0.1, 0.15) is 23.2 Å². The zero-order chi connectivity index (χ0) is 26.6. The van der Waals surface area contributed by atoms with E-state index in [-0.39, 0.29) is 27.7 Å². The maximum Gasteiger partial charge on any atom is 0.295 e. The summed E-state index contributed by atoms with van der Waals surface area (Å²) in [6, 6.07) is 9.66. The van der Waals surface area contributed by atoms with E-state index in [4.69, 9.17) is 0 Å². The van der Waals surface area contributed by atoms with Crippen molar-refractivity contribution in [1.29, 1.82) is 0 Å². The number of halogens is 1. The van der Waals surface area contributed by atoms with Crippen LogP contribution in [0, 0.1) is 11.2 Å². The van der Waals surface area contributed by atoms with Gasteiger partial charge in [-0.3, -0.25) is 9.59 Å². The van der Waals surface area contributed by atoms with Gasteiger partial charge >= 0.3 is 0 Å². The van der Waals surface area contributed by atoms with Crippen LogP contribution in [0.15, 0.2) is 55.1 Å². The fourth-order valence-corrected chi connectivity index (χ4v) is 5.69. The number of H-pyrrole nitrogens is 1. The number of anilines is 1. The van der Waals surface area contributed by atoms with Crippen molar-refractivity contribution in [2.75, 3.05) is 31.1 Å². The van der Waals surface area contributed by atoms with E-state index < -0.39 is 17.5 Å². The van der Waals surface area contributed by atoms with Crippen molar-refractivity contribution in [3.63, 3.8) is 0 Å². The van der Waals surface area contributed by atoms with Gasteiger partial charge in [0.05, 0.1) is 40.7 Å². The van der Waals surface area contributed by atoms with Gasteiger partial charge in [-0.15, -0.1) is 5.10 Å². The number of tetrazole rings is 1. The summed E-state index contributed by atoms with van der Waals surface area (Å²) in [5, 5.41) is 19.9. The number of rotatable bonds is 5. The molecule has 2 saturated heterocycles. The molecule has 0 radical (unpaired) electrons. The van der Waals surface area contributed by atoms with Gasteiger partial charge in [0, 0.05) is 37.8 Å². The summed E-state index contributed by atoms with van der Waals surface area (Å²) < 4.78 is 17.9. The molecule has 1 spiro atoms. The number of carbonyl (C=O) groups excluding carboxylic acids is 2. The predicted octanol–water partition coefficient (Wildman–Crippen LogP) is 1.57. The molecule has 4 aromatic heterocycles. The number of pyridine rings is 1. The normalized spacial score (nSPS) is 19.0. The highest BCUT2D eigenvalue weighted by Gasteiger charge is 2.47. The first kappa shape index (κ1) is 23.1. The molecule has 1 aromatic carbocycles. The third-order valence-corrected chi connectivity index (χ3v) is 7.62. The van der Waals surface area contributed by atoms with Crippen molar-refractivity contribution in [2.24, 2.45) is 5.41 Å². The minimum absolute atomic E-state index is 0.00236. The molecular weight excluding hydrogens is 505 g/mol. The maximum atomic E-state index is 14.8. The van der Waals surface area contributed by atoms with Crippen LogP contribution >= 0.6 is 0 Å². The van der Waals surface area contributed by atoms with Crippen molar-refractivity contribution in [1.82, 2.24) is 50.1 Å². The van der Waals surface area contributed by atoms with E-state index in [0.717, 1.165) is 31.3 Å². The Morgan fingerprint density at radius 2 is 1.90 bits per heavy atom. The lowest BCUT2D eigenvalue weighted by atomic mass is 9.86. The van der Waals surface area contributed by atoms with Gasteiger partial charge in [0.2, 0.25) is 5.95 Å². The van der Waals surface area contributed by atoms with Crippen molar-refractivity contribution in [2.45, 2.75) is 12.8 Å². The minimum atomic E-state index is -0.768. The number of hydrogen-bond acceptors (Lipinski definition) is 9. The van der Waals surface area contributed by atoms with Gasteiger partial charge in [-0.25, -0.2) is 14.1 Å². The van der Waals surface area contributed by atoms with Crippen LogP contribution < -0.4 is 4.90 Å². The maximum absolute atomic E-state index is 14.8. The Balaban J connectivity index is 1.10. The standard InChI is InChI=1S/C25H22FN11O2/c26-18-13-28-22(36-11-8-29-32-36)20-19(18)17(12-27-20)21(38)23(39)34-9-6-25(14-34)7-10-35(15-25)24-30-31-33-37(24)16-4-2-1-3-5-16/h1-5,8,11-13,27H,6-7,9-10,14-15H2. The zero-order valence-electron chi connectivity index (χ0n) is 20.6. The van der Waals surface area contributed by atoms with Crippen LogP contribution in [0.25, 0.3) is 22.4 Å². The third kappa shape index (κ3) is 3.74. The summed E-state index contributed by atoms with van der Waals surface area (Å²) in [6.45, 7) is 2.26. The molecule has 1 unspecified atom stereocenters. The number of Topliss-reactive ketones (excluding diaryl/α,β-unsaturated/α-hetero) is 1. The van der Waals surface area contributed by atoms with E-state index in [0.29, 0.717) is 25.6 Å². The number of para-hydroxylation sites is 1. The van der Waals surface area contributed by atoms with E-state index >= 15 is 0 Å². The number of hydrogen-bond donors (Lipinski definition) is 1. The van der Waals surface area contributed by atoms with Gasteiger partial charge in [-0.2, -0.15) is 4.68 Å². The number of aromatic nitrogens is 9. The number of amides is 1. The summed E-state index contributed by atoms with van der Waals surface area (Å²) >= 11 is 0. The molecule has 196 valence electrons. The van der Waals surface area contributed by atoms with Crippen LogP contribution in [-0.2, 0) is 4.79 Å². The average Bonchev–Trinajstić information content (AvgIpc) is 3.79. The Morgan fingerprint density at radius 3 is 2.72 bits per heavy atom. The highest BCUT2D eigenvalue weighted by atomic mass is 19.1. The average molecular weight is 528 g/mol. The lowest BCUT2D eigenvalue weighted by molar-refractivity contribution is -0.125. The zero-order valence-corrected chi connectivity index (χ0v) is 20.6. The molecule has 0 bridgehead atoms. The van der Waals surface area contributed by atoms with E-state index in [2.05, 4.69) is 40.7 Å². The topological polar surface area (TPSA) is 144 Å². The Hall–Kier alpha value is -5.01. The van der Waals surface area contributed by atoms with E-state index in [9.17, 15) is 14.0 Å². The highest BCUT2D eigenvalue weighted by Crippen LogP contribution is 2.41. The number of fused-ring (bicyclic) bond motifs is 1. The molecule has 2 fully saturated rings. The number of nitrogens with one attached hydrogen (secondary N) is 1. The molecule has 6 heterocycles. The van der Waals surface area contributed by atoms with Gasteiger partial charge in [0.15, 0.2) is 11.6 Å². The number of carbonyl (C=O) groups is 2. The van der Waals surface area contributed by atoms with Crippen molar-refractivity contribution >= 4 is 28.5 Å². The fraction of sp³-hybridized carbons (Fsp3) is 0.280.